The van der Waals surface area contributed by atoms with Gasteiger partial charge in [0.1, 0.15) is 5.69 Å². The number of hydrogen-bond donors (Lipinski definition) is 1. The van der Waals surface area contributed by atoms with Crippen molar-refractivity contribution >= 4 is 16.3 Å². The van der Waals surface area contributed by atoms with Crippen LogP contribution in [0.25, 0.3) is 4.96 Å². The molecular formula is C13H21N3O3S. The first kappa shape index (κ1) is 15.2. The van der Waals surface area contributed by atoms with E-state index < -0.39 is 0 Å². The lowest BCUT2D eigenvalue weighted by Gasteiger charge is -2.17. The highest BCUT2D eigenvalue weighted by molar-refractivity contribution is 7.15. The monoisotopic (exact) mass is 299 g/mol. The first-order chi connectivity index (χ1) is 9.80. The Morgan fingerprint density at radius 3 is 2.75 bits per heavy atom. The van der Waals surface area contributed by atoms with Crippen molar-refractivity contribution in [1.29, 1.82) is 0 Å². The van der Waals surface area contributed by atoms with Crippen LogP contribution in [0.3, 0.4) is 0 Å². The lowest BCUT2D eigenvalue weighted by atomic mass is 10.4. The van der Waals surface area contributed by atoms with Gasteiger partial charge in [0.05, 0.1) is 7.11 Å². The van der Waals surface area contributed by atoms with Crippen molar-refractivity contribution in [3.8, 4) is 5.88 Å². The predicted molar refractivity (Wildman–Crippen MR) is 78.4 cm³/mol. The number of methoxy groups -OCH3 is 1. The van der Waals surface area contributed by atoms with Gasteiger partial charge in [-0.15, -0.1) is 11.3 Å². The molecule has 0 fully saturated rings. The van der Waals surface area contributed by atoms with E-state index in [1.165, 1.54) is 0 Å². The molecule has 0 bridgehead atoms. The van der Waals surface area contributed by atoms with Crippen LogP contribution in [0.15, 0.2) is 11.6 Å². The summed E-state index contributed by atoms with van der Waals surface area (Å²) in [6.07, 6.45) is 1.77. The molecule has 0 aromatic carbocycles. The van der Waals surface area contributed by atoms with Crippen molar-refractivity contribution in [2.45, 2.75) is 26.7 Å². The molecule has 112 valence electrons. The molecule has 2 heterocycles. The maximum Gasteiger partial charge on any atom is 0.237 e. The summed E-state index contributed by atoms with van der Waals surface area (Å²) in [6, 6.07) is 0. The molecule has 0 atom stereocenters. The van der Waals surface area contributed by atoms with Gasteiger partial charge in [0, 0.05) is 37.9 Å². The van der Waals surface area contributed by atoms with E-state index in [1.807, 2.05) is 29.8 Å². The zero-order valence-corrected chi connectivity index (χ0v) is 12.9. The van der Waals surface area contributed by atoms with Crippen LogP contribution in [0.5, 0.6) is 5.88 Å². The molecule has 0 aliphatic rings. The standard InChI is InChI=1S/C13H21N3O3S/c1-4-18-11(19-5-2)9-14-8-10-12(17-3)15-13-16(10)6-7-20-13/h6-7,11,14H,4-5,8-9H2,1-3H3. The van der Waals surface area contributed by atoms with Gasteiger partial charge in [0.25, 0.3) is 0 Å². The smallest absolute Gasteiger partial charge is 0.237 e. The third kappa shape index (κ3) is 3.49. The molecule has 0 aliphatic carbocycles. The second kappa shape index (κ2) is 7.58. The van der Waals surface area contributed by atoms with Crippen LogP contribution in [0.1, 0.15) is 19.5 Å². The van der Waals surface area contributed by atoms with Crippen LogP contribution >= 0.6 is 11.3 Å². The normalized spacial score (nSPS) is 11.6. The highest BCUT2D eigenvalue weighted by Gasteiger charge is 2.14. The Balaban J connectivity index is 1.95. The molecule has 2 aromatic heterocycles. The van der Waals surface area contributed by atoms with E-state index in [2.05, 4.69) is 10.3 Å². The number of rotatable bonds is 9. The van der Waals surface area contributed by atoms with Crippen molar-refractivity contribution in [3.63, 3.8) is 0 Å². The van der Waals surface area contributed by atoms with Crippen molar-refractivity contribution in [1.82, 2.24) is 14.7 Å². The third-order valence-electron chi connectivity index (χ3n) is 2.83. The van der Waals surface area contributed by atoms with Gasteiger partial charge in [0.2, 0.25) is 5.88 Å². The number of nitrogens with zero attached hydrogens (tertiary/aromatic N) is 2. The lowest BCUT2D eigenvalue weighted by molar-refractivity contribution is -0.133. The molecule has 0 amide bonds. The molecule has 20 heavy (non-hydrogen) atoms. The maximum absolute atomic E-state index is 5.49. The summed E-state index contributed by atoms with van der Waals surface area (Å²) < 4.78 is 18.3. The minimum absolute atomic E-state index is 0.220. The first-order valence-electron chi connectivity index (χ1n) is 6.72. The fourth-order valence-electron chi connectivity index (χ4n) is 1.98. The van der Waals surface area contributed by atoms with Crippen molar-refractivity contribution in [3.05, 3.63) is 17.3 Å². The Kier molecular flexibility index (Phi) is 5.78. The summed E-state index contributed by atoms with van der Waals surface area (Å²) in [4.78, 5) is 5.35. The highest BCUT2D eigenvalue weighted by atomic mass is 32.1. The summed E-state index contributed by atoms with van der Waals surface area (Å²) in [6.45, 7) is 6.47. The fraction of sp³-hybridized carbons (Fsp3) is 0.615. The number of imidazole rings is 1. The van der Waals surface area contributed by atoms with E-state index in [0.29, 0.717) is 32.2 Å². The molecule has 0 unspecified atom stereocenters. The Hall–Kier alpha value is -1.15. The molecular weight excluding hydrogens is 278 g/mol. The van der Waals surface area contributed by atoms with Crippen LogP contribution in [0.2, 0.25) is 0 Å². The summed E-state index contributed by atoms with van der Waals surface area (Å²) >= 11 is 1.59. The third-order valence-corrected chi connectivity index (χ3v) is 3.58. The summed E-state index contributed by atoms with van der Waals surface area (Å²) in [5.74, 6) is 0.661. The zero-order chi connectivity index (χ0) is 14.4. The van der Waals surface area contributed by atoms with Gasteiger partial charge in [-0.1, -0.05) is 0 Å². The Morgan fingerprint density at radius 1 is 1.35 bits per heavy atom. The second-order valence-corrected chi connectivity index (χ2v) is 4.97. The van der Waals surface area contributed by atoms with Gasteiger partial charge < -0.3 is 19.5 Å². The fourth-order valence-corrected chi connectivity index (χ4v) is 2.71. The number of thiazole rings is 1. The highest BCUT2D eigenvalue weighted by Crippen LogP contribution is 2.22. The predicted octanol–water partition coefficient (Wildman–Crippen LogP) is 1.89. The number of nitrogens with one attached hydrogen (secondary N) is 1. The molecule has 0 saturated carbocycles. The van der Waals surface area contributed by atoms with Crippen LogP contribution in [-0.4, -0.2) is 42.5 Å². The van der Waals surface area contributed by atoms with Crippen molar-refractivity contribution in [2.24, 2.45) is 0 Å². The van der Waals surface area contributed by atoms with Gasteiger partial charge in [-0.2, -0.15) is 4.98 Å². The molecule has 6 nitrogen and oxygen atoms in total. The number of hydrogen-bond acceptors (Lipinski definition) is 6. The summed E-state index contributed by atoms with van der Waals surface area (Å²) in [5, 5.41) is 5.34. The van der Waals surface area contributed by atoms with E-state index in [9.17, 15) is 0 Å². The van der Waals surface area contributed by atoms with Gasteiger partial charge in [0.15, 0.2) is 11.3 Å². The largest absolute Gasteiger partial charge is 0.480 e. The molecule has 0 radical (unpaired) electrons. The summed E-state index contributed by atoms with van der Waals surface area (Å²) in [7, 11) is 1.64. The van der Waals surface area contributed by atoms with Gasteiger partial charge in [-0.25, -0.2) is 0 Å². The average Bonchev–Trinajstić information content (AvgIpc) is 3.01. The minimum atomic E-state index is -0.220. The van der Waals surface area contributed by atoms with Gasteiger partial charge >= 0.3 is 0 Å². The Bertz CT molecular complexity index is 520. The quantitative estimate of drug-likeness (QED) is 0.717. The molecule has 2 aromatic rings. The molecule has 2 rings (SSSR count). The van der Waals surface area contributed by atoms with Crippen LogP contribution in [0, 0.1) is 0 Å². The van der Waals surface area contributed by atoms with E-state index in [0.717, 1.165) is 10.7 Å². The van der Waals surface area contributed by atoms with E-state index in [-0.39, 0.29) is 6.29 Å². The van der Waals surface area contributed by atoms with Crippen LogP contribution < -0.4 is 10.1 Å². The lowest BCUT2D eigenvalue weighted by Crippen LogP contribution is -2.31. The molecule has 7 heteroatoms. The SMILES string of the molecule is CCOC(CNCc1c(OC)nc2sccn12)OCC. The molecule has 0 spiro atoms. The zero-order valence-electron chi connectivity index (χ0n) is 12.1. The van der Waals surface area contributed by atoms with E-state index >= 15 is 0 Å². The Labute approximate surface area is 122 Å². The van der Waals surface area contributed by atoms with Crippen molar-refractivity contribution < 1.29 is 14.2 Å². The first-order valence-corrected chi connectivity index (χ1v) is 7.60. The average molecular weight is 299 g/mol. The topological polar surface area (TPSA) is 57.0 Å². The van der Waals surface area contributed by atoms with Crippen LogP contribution in [-0.2, 0) is 16.0 Å². The Morgan fingerprint density at radius 2 is 2.10 bits per heavy atom. The van der Waals surface area contributed by atoms with Crippen molar-refractivity contribution in [2.75, 3.05) is 26.9 Å². The molecule has 1 N–H and O–H groups in total. The number of aromatic nitrogens is 2. The van der Waals surface area contributed by atoms with Gasteiger partial charge in [-0.05, 0) is 13.8 Å². The van der Waals surface area contributed by atoms with Crippen LogP contribution in [0.4, 0.5) is 0 Å². The minimum Gasteiger partial charge on any atom is -0.480 e. The van der Waals surface area contributed by atoms with E-state index in [4.69, 9.17) is 14.2 Å². The van der Waals surface area contributed by atoms with E-state index in [1.54, 1.807) is 18.4 Å². The molecule has 0 aliphatic heterocycles. The number of ether oxygens (including phenoxy) is 3. The molecule has 0 saturated heterocycles. The maximum atomic E-state index is 5.49. The summed E-state index contributed by atoms with van der Waals surface area (Å²) in [5.41, 5.74) is 1.01. The second-order valence-electron chi connectivity index (χ2n) is 4.09. The van der Waals surface area contributed by atoms with Gasteiger partial charge in [-0.3, -0.25) is 4.40 Å². The number of fused-ring (bicyclic) bond motifs is 1.